The first-order chi connectivity index (χ1) is 10.2. The number of carboxylic acid groups (broad SMARTS) is 1. The van der Waals surface area contributed by atoms with E-state index in [0.29, 0.717) is 13.0 Å². The Kier molecular flexibility index (Phi) is 5.49. The van der Waals surface area contributed by atoms with Gasteiger partial charge in [-0.3, -0.25) is 0 Å². The fourth-order valence-corrected chi connectivity index (χ4v) is 2.18. The molecule has 0 spiro atoms. The van der Waals surface area contributed by atoms with Crippen molar-refractivity contribution in [2.45, 2.75) is 25.1 Å². The van der Waals surface area contributed by atoms with Crippen molar-refractivity contribution in [3.8, 4) is 0 Å². The van der Waals surface area contributed by atoms with Gasteiger partial charge in [-0.25, -0.2) is 4.79 Å². The van der Waals surface area contributed by atoms with E-state index >= 15 is 0 Å². The van der Waals surface area contributed by atoms with Crippen LogP contribution < -0.4 is 5.32 Å². The molecule has 2 aromatic carbocycles. The van der Waals surface area contributed by atoms with Gasteiger partial charge in [0.2, 0.25) is 0 Å². The summed E-state index contributed by atoms with van der Waals surface area (Å²) in [6.45, 7) is 0.517. The molecular weight excluding hydrogens is 266 g/mol. The van der Waals surface area contributed by atoms with Crippen molar-refractivity contribution in [1.29, 1.82) is 0 Å². The molecule has 110 valence electrons. The molecule has 0 aliphatic rings. The second-order valence-corrected chi connectivity index (χ2v) is 4.95. The molecule has 2 unspecified atom stereocenters. The number of aliphatic carboxylic acids is 1. The molecule has 0 amide bonds. The molecule has 0 radical (unpaired) electrons. The van der Waals surface area contributed by atoms with Crippen LogP contribution in [0.2, 0.25) is 0 Å². The molecule has 2 atom stereocenters. The van der Waals surface area contributed by atoms with Crippen molar-refractivity contribution in [2.75, 3.05) is 0 Å². The highest BCUT2D eigenvalue weighted by molar-refractivity contribution is 5.73. The molecule has 4 heteroatoms. The van der Waals surface area contributed by atoms with Crippen LogP contribution in [0.4, 0.5) is 0 Å². The highest BCUT2D eigenvalue weighted by atomic mass is 16.4. The summed E-state index contributed by atoms with van der Waals surface area (Å²) >= 11 is 0. The molecule has 0 heterocycles. The van der Waals surface area contributed by atoms with Crippen LogP contribution in [-0.2, 0) is 17.8 Å². The lowest BCUT2D eigenvalue weighted by atomic mass is 10.0. The number of hydrogen-bond donors (Lipinski definition) is 3. The van der Waals surface area contributed by atoms with Crippen LogP contribution in [-0.4, -0.2) is 28.3 Å². The van der Waals surface area contributed by atoms with Gasteiger partial charge in [0.05, 0.1) is 0 Å². The summed E-state index contributed by atoms with van der Waals surface area (Å²) in [4.78, 5) is 11.1. The van der Waals surface area contributed by atoms with Crippen LogP contribution >= 0.6 is 0 Å². The topological polar surface area (TPSA) is 69.6 Å². The van der Waals surface area contributed by atoms with Gasteiger partial charge in [-0.05, 0) is 17.5 Å². The fraction of sp³-hybridized carbons (Fsp3) is 0.235. The molecule has 0 saturated heterocycles. The maximum Gasteiger partial charge on any atom is 0.334 e. The zero-order chi connectivity index (χ0) is 15.1. The second kappa shape index (κ2) is 7.57. The summed E-state index contributed by atoms with van der Waals surface area (Å²) in [6.07, 6.45) is -0.977. The number of benzene rings is 2. The van der Waals surface area contributed by atoms with Crippen LogP contribution in [0.25, 0.3) is 0 Å². The lowest BCUT2D eigenvalue weighted by molar-refractivity contribution is -0.148. The third-order valence-electron chi connectivity index (χ3n) is 3.34. The summed E-state index contributed by atoms with van der Waals surface area (Å²) in [5.41, 5.74) is 2.04. The molecule has 0 saturated carbocycles. The average Bonchev–Trinajstić information content (AvgIpc) is 2.52. The third kappa shape index (κ3) is 4.70. The van der Waals surface area contributed by atoms with Gasteiger partial charge >= 0.3 is 5.97 Å². The Labute approximate surface area is 124 Å². The summed E-state index contributed by atoms with van der Waals surface area (Å²) in [5.74, 6) is -1.21. The SMILES string of the molecule is O=C(O)C(O)C(Cc1ccccc1)NCc1ccccc1. The first kappa shape index (κ1) is 15.2. The van der Waals surface area contributed by atoms with Gasteiger partial charge in [-0.2, -0.15) is 0 Å². The number of aliphatic hydroxyl groups is 1. The molecule has 4 nitrogen and oxygen atoms in total. The van der Waals surface area contributed by atoms with Crippen molar-refractivity contribution < 1.29 is 15.0 Å². The minimum atomic E-state index is -1.44. The highest BCUT2D eigenvalue weighted by Gasteiger charge is 2.25. The van der Waals surface area contributed by atoms with Crippen molar-refractivity contribution in [3.63, 3.8) is 0 Å². The van der Waals surface area contributed by atoms with E-state index in [9.17, 15) is 9.90 Å². The van der Waals surface area contributed by atoms with E-state index in [-0.39, 0.29) is 0 Å². The number of aliphatic hydroxyl groups excluding tert-OH is 1. The third-order valence-corrected chi connectivity index (χ3v) is 3.34. The van der Waals surface area contributed by atoms with E-state index in [4.69, 9.17) is 5.11 Å². The average molecular weight is 285 g/mol. The predicted octanol–water partition coefficient (Wildman–Crippen LogP) is 1.83. The normalized spacial score (nSPS) is 13.6. The van der Waals surface area contributed by atoms with Gasteiger partial charge in [0.1, 0.15) is 0 Å². The van der Waals surface area contributed by atoms with Crippen LogP contribution in [0.3, 0.4) is 0 Å². The van der Waals surface area contributed by atoms with Crippen LogP contribution in [0.1, 0.15) is 11.1 Å². The Bertz CT molecular complexity index is 557. The quantitative estimate of drug-likeness (QED) is 0.726. The first-order valence-corrected chi connectivity index (χ1v) is 6.89. The Morgan fingerprint density at radius 3 is 2.00 bits per heavy atom. The molecule has 0 bridgehead atoms. The van der Waals surface area contributed by atoms with Gasteiger partial charge in [0.15, 0.2) is 6.10 Å². The Balaban J connectivity index is 2.03. The maximum atomic E-state index is 11.1. The number of carbonyl (C=O) groups is 1. The molecule has 0 aliphatic heterocycles. The number of rotatable bonds is 7. The highest BCUT2D eigenvalue weighted by Crippen LogP contribution is 2.08. The Morgan fingerprint density at radius 2 is 1.48 bits per heavy atom. The molecule has 2 aromatic rings. The molecule has 0 aliphatic carbocycles. The lowest BCUT2D eigenvalue weighted by Gasteiger charge is -2.21. The van der Waals surface area contributed by atoms with E-state index in [2.05, 4.69) is 5.32 Å². The van der Waals surface area contributed by atoms with Gasteiger partial charge in [-0.15, -0.1) is 0 Å². The van der Waals surface area contributed by atoms with Crippen molar-refractivity contribution >= 4 is 5.97 Å². The zero-order valence-electron chi connectivity index (χ0n) is 11.6. The van der Waals surface area contributed by atoms with Crippen LogP contribution in [0.5, 0.6) is 0 Å². The zero-order valence-corrected chi connectivity index (χ0v) is 11.6. The predicted molar refractivity (Wildman–Crippen MR) is 80.9 cm³/mol. The summed E-state index contributed by atoms with van der Waals surface area (Å²) in [5, 5.41) is 22.0. The van der Waals surface area contributed by atoms with Gasteiger partial charge in [-0.1, -0.05) is 60.7 Å². The molecule has 0 fully saturated rings. The van der Waals surface area contributed by atoms with Gasteiger partial charge in [0, 0.05) is 12.6 Å². The van der Waals surface area contributed by atoms with Crippen molar-refractivity contribution in [3.05, 3.63) is 71.8 Å². The smallest absolute Gasteiger partial charge is 0.334 e. The maximum absolute atomic E-state index is 11.1. The van der Waals surface area contributed by atoms with E-state index in [1.54, 1.807) is 0 Å². The number of hydrogen-bond acceptors (Lipinski definition) is 3. The molecule has 21 heavy (non-hydrogen) atoms. The fourth-order valence-electron chi connectivity index (χ4n) is 2.18. The van der Waals surface area contributed by atoms with Gasteiger partial charge in [0.25, 0.3) is 0 Å². The Hall–Kier alpha value is -2.17. The van der Waals surface area contributed by atoms with E-state index in [1.165, 1.54) is 0 Å². The monoisotopic (exact) mass is 285 g/mol. The second-order valence-electron chi connectivity index (χ2n) is 4.95. The van der Waals surface area contributed by atoms with E-state index < -0.39 is 18.1 Å². The first-order valence-electron chi connectivity index (χ1n) is 6.89. The largest absolute Gasteiger partial charge is 0.479 e. The van der Waals surface area contributed by atoms with E-state index in [0.717, 1.165) is 11.1 Å². The minimum absolute atomic E-state index is 0.459. The minimum Gasteiger partial charge on any atom is -0.479 e. The summed E-state index contributed by atoms with van der Waals surface area (Å²) in [6, 6.07) is 18.7. The Morgan fingerprint density at radius 1 is 0.952 bits per heavy atom. The van der Waals surface area contributed by atoms with Crippen molar-refractivity contribution in [1.82, 2.24) is 5.32 Å². The van der Waals surface area contributed by atoms with Crippen LogP contribution in [0.15, 0.2) is 60.7 Å². The van der Waals surface area contributed by atoms with Gasteiger partial charge < -0.3 is 15.5 Å². The standard InChI is InChI=1S/C17H19NO3/c19-16(17(20)21)15(11-13-7-3-1-4-8-13)18-12-14-9-5-2-6-10-14/h1-10,15-16,18-19H,11-12H2,(H,20,21). The number of nitrogens with one attached hydrogen (secondary N) is 1. The molecule has 2 rings (SSSR count). The summed E-state index contributed by atoms with van der Waals surface area (Å²) < 4.78 is 0. The molecular formula is C17H19NO3. The molecule has 0 aromatic heterocycles. The number of carboxylic acids is 1. The molecule has 3 N–H and O–H groups in total. The van der Waals surface area contributed by atoms with Crippen molar-refractivity contribution in [2.24, 2.45) is 0 Å². The van der Waals surface area contributed by atoms with Crippen LogP contribution in [0, 0.1) is 0 Å². The summed E-state index contributed by atoms with van der Waals surface area (Å²) in [7, 11) is 0. The van der Waals surface area contributed by atoms with E-state index in [1.807, 2.05) is 60.7 Å². The lowest BCUT2D eigenvalue weighted by Crippen LogP contribution is -2.45.